The minimum atomic E-state index is -0.445. The molecule has 3 aromatic rings. The van der Waals surface area contributed by atoms with Gasteiger partial charge in [0, 0.05) is 53.8 Å². The smallest absolute Gasteiger partial charge is 0.253 e. The molecule has 29 heavy (non-hydrogen) atoms. The van der Waals surface area contributed by atoms with E-state index < -0.39 is 5.91 Å². The molecule has 1 aromatic carbocycles. The maximum atomic E-state index is 12.8. The number of nitrogens with two attached hydrogens (primary N) is 1. The summed E-state index contributed by atoms with van der Waals surface area (Å²) in [5.74, 6) is -0.214. The van der Waals surface area contributed by atoms with Crippen LogP contribution in [0.5, 0.6) is 0 Å². The molecule has 2 N–H and O–H groups in total. The van der Waals surface area contributed by atoms with Crippen LogP contribution in [0.2, 0.25) is 0 Å². The summed E-state index contributed by atoms with van der Waals surface area (Å²) in [6.45, 7) is 1.41. The van der Waals surface area contributed by atoms with Crippen molar-refractivity contribution >= 4 is 11.8 Å². The molecule has 0 bridgehead atoms. The molecular formula is C23H22N4O2. The van der Waals surface area contributed by atoms with E-state index in [1.807, 2.05) is 35.2 Å². The fourth-order valence-corrected chi connectivity index (χ4v) is 3.72. The first-order valence-electron chi connectivity index (χ1n) is 9.68. The van der Waals surface area contributed by atoms with Crippen molar-refractivity contribution in [3.05, 3.63) is 83.8 Å². The lowest BCUT2D eigenvalue weighted by atomic mass is 9.93. The predicted molar refractivity (Wildman–Crippen MR) is 110 cm³/mol. The van der Waals surface area contributed by atoms with E-state index in [1.54, 1.807) is 36.7 Å². The van der Waals surface area contributed by atoms with Crippen molar-refractivity contribution in [1.82, 2.24) is 14.9 Å². The molecule has 1 saturated heterocycles. The summed E-state index contributed by atoms with van der Waals surface area (Å²) in [7, 11) is 0. The number of amides is 2. The molecule has 0 aliphatic carbocycles. The first-order valence-corrected chi connectivity index (χ1v) is 9.68. The first-order chi connectivity index (χ1) is 14.1. The Morgan fingerprint density at radius 3 is 2.45 bits per heavy atom. The Hall–Kier alpha value is -3.54. The largest absolute Gasteiger partial charge is 0.366 e. The number of rotatable bonds is 4. The highest BCUT2D eigenvalue weighted by molar-refractivity contribution is 5.94. The van der Waals surface area contributed by atoms with Gasteiger partial charge in [-0.3, -0.25) is 19.6 Å². The van der Waals surface area contributed by atoms with Crippen molar-refractivity contribution in [2.75, 3.05) is 13.1 Å². The maximum absolute atomic E-state index is 12.8. The number of hydrogen-bond donors (Lipinski definition) is 1. The third kappa shape index (κ3) is 4.16. The molecule has 2 amide bonds. The zero-order valence-electron chi connectivity index (χ0n) is 16.0. The number of carbonyl (C=O) groups is 2. The van der Waals surface area contributed by atoms with E-state index >= 15 is 0 Å². The highest BCUT2D eigenvalue weighted by atomic mass is 16.2. The van der Waals surface area contributed by atoms with Gasteiger partial charge in [0.25, 0.3) is 5.91 Å². The maximum Gasteiger partial charge on any atom is 0.253 e. The first kappa shape index (κ1) is 18.8. The summed E-state index contributed by atoms with van der Waals surface area (Å²) >= 11 is 0. The molecule has 0 unspecified atom stereocenters. The quantitative estimate of drug-likeness (QED) is 0.745. The van der Waals surface area contributed by atoms with Gasteiger partial charge in [-0.15, -0.1) is 0 Å². The molecule has 2 aromatic heterocycles. The van der Waals surface area contributed by atoms with E-state index in [0.717, 1.165) is 36.3 Å². The fraction of sp³-hybridized carbons (Fsp3) is 0.217. The van der Waals surface area contributed by atoms with Crippen molar-refractivity contribution in [2.45, 2.75) is 18.8 Å². The average molecular weight is 386 g/mol. The third-order valence-corrected chi connectivity index (χ3v) is 5.29. The summed E-state index contributed by atoms with van der Waals surface area (Å²) in [5.41, 5.74) is 9.20. The van der Waals surface area contributed by atoms with Gasteiger partial charge in [0.05, 0.1) is 5.69 Å². The third-order valence-electron chi connectivity index (χ3n) is 5.29. The molecule has 0 saturated carbocycles. The molecule has 0 spiro atoms. The standard InChI is InChI=1S/C23H22N4O2/c24-22(28)17-8-6-16(7-9-17)20-4-1-5-21(26-20)19-3-2-14-27(15-19)23(29)18-10-12-25-13-11-18/h1,4-13,19H,2-3,14-15H2,(H2,24,28)/t19-/m1/s1. The van der Waals surface area contributed by atoms with Crippen molar-refractivity contribution in [2.24, 2.45) is 5.73 Å². The zero-order chi connectivity index (χ0) is 20.2. The van der Waals surface area contributed by atoms with Gasteiger partial charge >= 0.3 is 0 Å². The monoisotopic (exact) mass is 386 g/mol. The van der Waals surface area contributed by atoms with Gasteiger partial charge in [-0.05, 0) is 49.2 Å². The topological polar surface area (TPSA) is 89.2 Å². The summed E-state index contributed by atoms with van der Waals surface area (Å²) < 4.78 is 0. The molecule has 6 nitrogen and oxygen atoms in total. The van der Waals surface area contributed by atoms with Crippen molar-refractivity contribution in [3.63, 3.8) is 0 Å². The van der Waals surface area contributed by atoms with Crippen LogP contribution in [0, 0.1) is 0 Å². The fourth-order valence-electron chi connectivity index (χ4n) is 3.72. The van der Waals surface area contributed by atoms with Crippen molar-refractivity contribution < 1.29 is 9.59 Å². The molecule has 1 fully saturated rings. The summed E-state index contributed by atoms with van der Waals surface area (Å²) in [6.07, 6.45) is 5.23. The van der Waals surface area contributed by atoms with Crippen molar-refractivity contribution in [3.8, 4) is 11.3 Å². The van der Waals surface area contributed by atoms with Crippen LogP contribution in [0.4, 0.5) is 0 Å². The van der Waals surface area contributed by atoms with Gasteiger partial charge in [0.15, 0.2) is 0 Å². The van der Waals surface area contributed by atoms with E-state index in [4.69, 9.17) is 10.7 Å². The molecule has 1 atom stereocenters. The Morgan fingerprint density at radius 2 is 1.72 bits per heavy atom. The SMILES string of the molecule is NC(=O)c1ccc(-c2cccc([C@@H]3CCCN(C(=O)c4ccncc4)C3)n2)cc1. The van der Waals surface area contributed by atoms with Gasteiger partial charge in [-0.25, -0.2) is 0 Å². The lowest BCUT2D eigenvalue weighted by Gasteiger charge is -2.32. The normalized spacial score (nSPS) is 16.4. The second-order valence-corrected chi connectivity index (χ2v) is 7.22. The van der Waals surface area contributed by atoms with Gasteiger partial charge in [0.1, 0.15) is 0 Å². The van der Waals surface area contributed by atoms with Crippen LogP contribution in [0.1, 0.15) is 45.2 Å². The zero-order valence-corrected chi connectivity index (χ0v) is 16.0. The van der Waals surface area contributed by atoms with Crippen LogP contribution in [0.15, 0.2) is 67.0 Å². The van der Waals surface area contributed by atoms with Gasteiger partial charge in [-0.1, -0.05) is 18.2 Å². The lowest BCUT2D eigenvalue weighted by molar-refractivity contribution is 0.0705. The number of likely N-dealkylation sites (tertiary alicyclic amines) is 1. The van der Waals surface area contributed by atoms with Crippen LogP contribution < -0.4 is 5.73 Å². The van der Waals surface area contributed by atoms with Crippen LogP contribution in [0.25, 0.3) is 11.3 Å². The van der Waals surface area contributed by atoms with E-state index in [2.05, 4.69) is 4.98 Å². The van der Waals surface area contributed by atoms with Crippen molar-refractivity contribution in [1.29, 1.82) is 0 Å². The number of benzene rings is 1. The Bertz CT molecular complexity index is 1020. The Labute approximate surface area is 169 Å². The molecular weight excluding hydrogens is 364 g/mol. The molecule has 146 valence electrons. The minimum absolute atomic E-state index is 0.0373. The van der Waals surface area contributed by atoms with Crippen LogP contribution in [-0.4, -0.2) is 39.8 Å². The van der Waals surface area contributed by atoms with Crippen LogP contribution in [-0.2, 0) is 0 Å². The highest BCUT2D eigenvalue weighted by Crippen LogP contribution is 2.28. The predicted octanol–water partition coefficient (Wildman–Crippen LogP) is 3.26. The van der Waals surface area contributed by atoms with E-state index in [-0.39, 0.29) is 11.8 Å². The minimum Gasteiger partial charge on any atom is -0.366 e. The van der Waals surface area contributed by atoms with E-state index in [9.17, 15) is 9.59 Å². The number of aromatic nitrogens is 2. The van der Waals surface area contributed by atoms with Crippen LogP contribution >= 0.6 is 0 Å². The molecule has 1 aliphatic heterocycles. The van der Waals surface area contributed by atoms with Crippen LogP contribution in [0.3, 0.4) is 0 Å². The number of pyridine rings is 2. The molecule has 6 heteroatoms. The molecule has 3 heterocycles. The molecule has 4 rings (SSSR count). The number of primary amides is 1. The number of hydrogen-bond acceptors (Lipinski definition) is 4. The Kier molecular flexibility index (Phi) is 5.33. The second-order valence-electron chi connectivity index (χ2n) is 7.22. The van der Waals surface area contributed by atoms with Gasteiger partial charge in [0.2, 0.25) is 5.91 Å². The number of nitrogens with zero attached hydrogens (tertiary/aromatic N) is 3. The molecule has 0 radical (unpaired) electrons. The van der Waals surface area contributed by atoms with E-state index in [0.29, 0.717) is 17.7 Å². The summed E-state index contributed by atoms with van der Waals surface area (Å²) in [6, 6.07) is 16.6. The second kappa shape index (κ2) is 8.22. The Balaban J connectivity index is 1.53. The van der Waals surface area contributed by atoms with Gasteiger partial charge in [-0.2, -0.15) is 0 Å². The Morgan fingerprint density at radius 1 is 0.966 bits per heavy atom. The summed E-state index contributed by atoms with van der Waals surface area (Å²) in [4.78, 5) is 34.8. The summed E-state index contributed by atoms with van der Waals surface area (Å²) in [5, 5.41) is 0. The highest BCUT2D eigenvalue weighted by Gasteiger charge is 2.26. The number of piperidine rings is 1. The average Bonchev–Trinajstić information content (AvgIpc) is 2.79. The lowest BCUT2D eigenvalue weighted by Crippen LogP contribution is -2.39. The number of carbonyl (C=O) groups excluding carboxylic acids is 2. The van der Waals surface area contributed by atoms with E-state index in [1.165, 1.54) is 0 Å². The molecule has 1 aliphatic rings. The van der Waals surface area contributed by atoms with Gasteiger partial charge < -0.3 is 10.6 Å².